The molecule has 2 aromatic carbocycles. The van der Waals surface area contributed by atoms with Crippen LogP contribution >= 0.6 is 10.2 Å². The van der Waals surface area contributed by atoms with Crippen LogP contribution in [0.15, 0.2) is 53.4 Å². The number of alkyl halides is 3. The number of hydrogen-bond acceptors (Lipinski definition) is 7. The van der Waals surface area contributed by atoms with Gasteiger partial charge in [-0.2, -0.15) is 28.1 Å². The average Bonchev–Trinajstić information content (AvgIpc) is 2.81. The summed E-state index contributed by atoms with van der Waals surface area (Å²) in [6.45, 7) is 1.82. The van der Waals surface area contributed by atoms with Crippen molar-refractivity contribution in [3.63, 3.8) is 0 Å². The Bertz CT molecular complexity index is 1300. The number of benzene rings is 2. The summed E-state index contributed by atoms with van der Waals surface area (Å²) >= 11 is 0. The molecule has 1 saturated heterocycles. The second-order valence-electron chi connectivity index (χ2n) is 8.59. The van der Waals surface area contributed by atoms with Gasteiger partial charge in [-0.05, 0) is 37.4 Å². The molecule has 1 aliphatic heterocycles. The summed E-state index contributed by atoms with van der Waals surface area (Å²) in [6.07, 6.45) is -4.61. The Hall–Kier alpha value is -3.40. The van der Waals surface area contributed by atoms with Crippen molar-refractivity contribution < 1.29 is 37.3 Å². The van der Waals surface area contributed by atoms with E-state index >= 15 is 0 Å². The first-order chi connectivity index (χ1) is 17.5. The molecule has 208 valence electrons. The van der Waals surface area contributed by atoms with Gasteiger partial charge in [0.2, 0.25) is 11.9 Å². The van der Waals surface area contributed by atoms with Gasteiger partial charge in [0.15, 0.2) is 0 Å². The van der Waals surface area contributed by atoms with Crippen molar-refractivity contribution in [3.8, 4) is 6.01 Å². The van der Waals surface area contributed by atoms with Crippen LogP contribution in [0.3, 0.4) is 0 Å². The molecule has 7 nitrogen and oxygen atoms in total. The Labute approximate surface area is 212 Å². The van der Waals surface area contributed by atoms with E-state index in [1.165, 1.54) is 18.2 Å². The maximum atomic E-state index is 13.3. The predicted molar refractivity (Wildman–Crippen MR) is 126 cm³/mol. The van der Waals surface area contributed by atoms with Crippen LogP contribution in [-0.2, 0) is 12.8 Å². The molecule has 0 unspecified atom stereocenters. The fraction of sp³-hybridized carbons (Fsp3) is 0.318. The van der Waals surface area contributed by atoms with Crippen molar-refractivity contribution in [2.45, 2.75) is 17.7 Å². The SMILES string of the molecule is CN1CCN(c2nc(Nc3ccc(S(F)(F)(F)(F)F)cc3)nc(OCc3ccccc3C(F)(F)F)n2)CC1. The highest BCUT2D eigenvalue weighted by Gasteiger charge is 2.65. The maximum Gasteiger partial charge on any atom is 0.416 e. The summed E-state index contributed by atoms with van der Waals surface area (Å²) in [5.41, 5.74) is -1.10. The zero-order chi connectivity index (χ0) is 27.8. The molecule has 0 radical (unpaired) electrons. The lowest BCUT2D eigenvalue weighted by atomic mass is 10.1. The monoisotopic (exact) mass is 570 g/mol. The van der Waals surface area contributed by atoms with Gasteiger partial charge in [0.1, 0.15) is 11.5 Å². The second-order valence-corrected chi connectivity index (χ2v) is 11.0. The standard InChI is InChI=1S/C22H22F8N6OS/c1-35-10-12-36(13-11-35)20-32-19(31-16-6-8-17(9-7-16)38(26,27,28,29)30)33-21(34-20)37-14-15-4-2-3-5-18(15)22(23,24)25/h2-9H,10-14H2,1H3,(H,31,32,33,34). The molecule has 0 atom stereocenters. The minimum atomic E-state index is -9.85. The van der Waals surface area contributed by atoms with Crippen molar-refractivity contribution in [3.05, 3.63) is 59.7 Å². The number of piperazine rings is 1. The molecular formula is C22H22F8N6OS. The van der Waals surface area contributed by atoms with Crippen LogP contribution in [-0.4, -0.2) is 53.1 Å². The van der Waals surface area contributed by atoms with E-state index in [-0.39, 0.29) is 41.3 Å². The predicted octanol–water partition coefficient (Wildman–Crippen LogP) is 6.62. The van der Waals surface area contributed by atoms with Gasteiger partial charge in [-0.15, -0.1) is 0 Å². The first kappa shape index (κ1) is 27.6. The number of halogens is 8. The molecule has 2 heterocycles. The molecule has 16 heteroatoms. The highest BCUT2D eigenvalue weighted by molar-refractivity contribution is 8.45. The van der Waals surface area contributed by atoms with Gasteiger partial charge in [-0.1, -0.05) is 37.6 Å². The average molecular weight is 571 g/mol. The van der Waals surface area contributed by atoms with E-state index in [1.807, 2.05) is 7.05 Å². The van der Waals surface area contributed by atoms with Crippen molar-refractivity contribution in [1.29, 1.82) is 0 Å². The number of aromatic nitrogens is 3. The minimum absolute atomic E-state index is 0.0421. The normalized spacial score (nSPS) is 17.0. The zero-order valence-corrected chi connectivity index (χ0v) is 20.5. The molecular weight excluding hydrogens is 548 g/mol. The third-order valence-electron chi connectivity index (χ3n) is 5.62. The van der Waals surface area contributed by atoms with E-state index in [1.54, 1.807) is 4.90 Å². The van der Waals surface area contributed by atoms with E-state index in [9.17, 15) is 32.6 Å². The summed E-state index contributed by atoms with van der Waals surface area (Å²) in [6, 6.07) is 6.51. The fourth-order valence-electron chi connectivity index (χ4n) is 3.60. The van der Waals surface area contributed by atoms with Gasteiger partial charge in [-0.25, -0.2) is 0 Å². The number of nitrogens with zero attached hydrogens (tertiary/aromatic N) is 5. The van der Waals surface area contributed by atoms with Crippen molar-refractivity contribution >= 4 is 27.8 Å². The van der Waals surface area contributed by atoms with E-state index in [4.69, 9.17) is 4.74 Å². The summed E-state index contributed by atoms with van der Waals surface area (Å²) in [7, 11) is -7.93. The molecule has 0 bridgehead atoms. The lowest BCUT2D eigenvalue weighted by molar-refractivity contribution is -0.138. The summed E-state index contributed by atoms with van der Waals surface area (Å²) in [5.74, 6) is -0.0774. The van der Waals surface area contributed by atoms with Gasteiger partial charge in [0.05, 0.1) is 5.56 Å². The maximum absolute atomic E-state index is 13.3. The molecule has 3 aromatic rings. The number of nitrogens with one attached hydrogen (secondary N) is 1. The molecule has 4 rings (SSSR count). The van der Waals surface area contributed by atoms with Crippen LogP contribution in [0.5, 0.6) is 6.01 Å². The van der Waals surface area contributed by atoms with Crippen LogP contribution in [0, 0.1) is 0 Å². The Balaban J connectivity index is 1.61. The van der Waals surface area contributed by atoms with Gasteiger partial charge in [0, 0.05) is 37.4 Å². The topological polar surface area (TPSA) is 66.4 Å². The number of rotatable bonds is 7. The van der Waals surface area contributed by atoms with E-state index < -0.39 is 33.5 Å². The molecule has 1 fully saturated rings. The fourth-order valence-corrected chi connectivity index (χ4v) is 4.25. The largest absolute Gasteiger partial charge is 0.458 e. The Kier molecular flexibility index (Phi) is 6.63. The molecule has 38 heavy (non-hydrogen) atoms. The van der Waals surface area contributed by atoms with Crippen molar-refractivity contribution in [2.24, 2.45) is 0 Å². The Morgan fingerprint density at radius 2 is 1.50 bits per heavy atom. The first-order valence-electron chi connectivity index (χ1n) is 11.1. The summed E-state index contributed by atoms with van der Waals surface area (Å²) < 4.78 is 111. The number of likely N-dealkylation sites (N-methyl/N-ethyl adjacent to an activating group) is 1. The molecule has 1 aromatic heterocycles. The van der Waals surface area contributed by atoms with Crippen LogP contribution in [0.25, 0.3) is 0 Å². The van der Waals surface area contributed by atoms with E-state index in [0.717, 1.165) is 18.2 Å². The van der Waals surface area contributed by atoms with E-state index in [2.05, 4.69) is 25.2 Å². The Morgan fingerprint density at radius 3 is 2.11 bits per heavy atom. The Morgan fingerprint density at radius 1 is 0.868 bits per heavy atom. The van der Waals surface area contributed by atoms with Crippen LogP contribution < -0.4 is 15.0 Å². The second kappa shape index (κ2) is 9.11. The summed E-state index contributed by atoms with van der Waals surface area (Å²) in [4.78, 5) is 14.2. The van der Waals surface area contributed by atoms with Gasteiger partial charge >= 0.3 is 22.4 Å². The molecule has 0 amide bonds. The minimum Gasteiger partial charge on any atom is -0.458 e. The molecule has 0 saturated carbocycles. The van der Waals surface area contributed by atoms with Crippen molar-refractivity contribution in [1.82, 2.24) is 19.9 Å². The van der Waals surface area contributed by atoms with Crippen LogP contribution in [0.2, 0.25) is 0 Å². The quantitative estimate of drug-likeness (QED) is 0.320. The van der Waals surface area contributed by atoms with Crippen molar-refractivity contribution in [2.75, 3.05) is 43.4 Å². The highest BCUT2D eigenvalue weighted by atomic mass is 32.5. The van der Waals surface area contributed by atoms with Crippen LogP contribution in [0.4, 0.5) is 50.2 Å². The number of anilines is 3. The van der Waals surface area contributed by atoms with E-state index in [0.29, 0.717) is 26.2 Å². The van der Waals surface area contributed by atoms with Crippen LogP contribution in [0.1, 0.15) is 11.1 Å². The lowest BCUT2D eigenvalue weighted by Gasteiger charge is -2.40. The molecule has 1 N–H and O–H groups in total. The van der Waals surface area contributed by atoms with Gasteiger partial charge < -0.3 is 19.9 Å². The zero-order valence-electron chi connectivity index (χ0n) is 19.7. The highest BCUT2D eigenvalue weighted by Crippen LogP contribution is 3.02. The summed E-state index contributed by atoms with van der Waals surface area (Å²) in [5, 5.41) is 2.61. The third-order valence-corrected chi connectivity index (χ3v) is 6.79. The first-order valence-corrected chi connectivity index (χ1v) is 13.0. The van der Waals surface area contributed by atoms with Gasteiger partial charge in [0.25, 0.3) is 0 Å². The molecule has 1 aliphatic rings. The lowest BCUT2D eigenvalue weighted by Crippen LogP contribution is -2.45. The molecule has 0 aliphatic carbocycles. The molecule has 0 spiro atoms. The smallest absolute Gasteiger partial charge is 0.416 e. The number of hydrogen-bond donors (Lipinski definition) is 1. The van der Waals surface area contributed by atoms with Gasteiger partial charge in [-0.3, -0.25) is 0 Å². The third kappa shape index (κ3) is 6.92. The number of ether oxygens (including phenoxy) is 1.